The average Bonchev–Trinajstić information content (AvgIpc) is 2.51. The molecule has 1 aromatic rings. The fourth-order valence-electron chi connectivity index (χ4n) is 0.886. The van der Waals surface area contributed by atoms with E-state index in [9.17, 15) is 4.79 Å². The number of thiazole rings is 1. The molecule has 0 radical (unpaired) electrons. The lowest BCUT2D eigenvalue weighted by Crippen LogP contribution is -2.11. The minimum Gasteiger partial charge on any atom is -0.481 e. The number of aryl methyl sites for hydroxylation is 1. The van der Waals surface area contributed by atoms with E-state index in [0.29, 0.717) is 5.75 Å². The van der Waals surface area contributed by atoms with Crippen LogP contribution >= 0.6 is 23.1 Å². The Kier molecular flexibility index (Phi) is 4.41. The van der Waals surface area contributed by atoms with Crippen molar-refractivity contribution in [1.29, 1.82) is 0 Å². The number of carboxylic acid groups (broad SMARTS) is 1. The van der Waals surface area contributed by atoms with E-state index in [1.54, 1.807) is 30.0 Å². The number of rotatable bonds is 5. The molecule has 1 N–H and O–H groups in total. The van der Waals surface area contributed by atoms with Gasteiger partial charge in [0.15, 0.2) is 0 Å². The van der Waals surface area contributed by atoms with Crippen LogP contribution in [-0.2, 0) is 10.5 Å². The van der Waals surface area contributed by atoms with Crippen LogP contribution in [0.1, 0.15) is 17.6 Å². The number of aromatic nitrogens is 1. The van der Waals surface area contributed by atoms with Gasteiger partial charge in [-0.25, -0.2) is 4.98 Å². The summed E-state index contributed by atoms with van der Waals surface area (Å²) >= 11 is 3.25. The minimum atomic E-state index is -0.730. The summed E-state index contributed by atoms with van der Waals surface area (Å²) in [4.78, 5) is 14.8. The molecule has 14 heavy (non-hydrogen) atoms. The Morgan fingerprint density at radius 2 is 2.50 bits per heavy atom. The molecule has 0 aliphatic heterocycles. The van der Waals surface area contributed by atoms with Crippen LogP contribution < -0.4 is 0 Å². The van der Waals surface area contributed by atoms with Crippen molar-refractivity contribution in [3.05, 3.63) is 16.1 Å². The maximum absolute atomic E-state index is 10.5. The van der Waals surface area contributed by atoms with E-state index < -0.39 is 5.97 Å². The van der Waals surface area contributed by atoms with E-state index in [0.717, 1.165) is 16.5 Å². The van der Waals surface area contributed by atoms with E-state index >= 15 is 0 Å². The van der Waals surface area contributed by atoms with Crippen LogP contribution in [0.25, 0.3) is 0 Å². The van der Waals surface area contributed by atoms with Gasteiger partial charge in [-0.3, -0.25) is 4.79 Å². The zero-order valence-corrected chi connectivity index (χ0v) is 9.82. The number of nitrogens with zero attached hydrogens (tertiary/aromatic N) is 1. The fraction of sp³-hybridized carbons (Fsp3) is 0.556. The summed E-state index contributed by atoms with van der Waals surface area (Å²) in [5.41, 5.74) is 1.05. The maximum Gasteiger partial charge on any atom is 0.307 e. The smallest absolute Gasteiger partial charge is 0.307 e. The molecule has 1 atom stereocenters. The molecule has 0 aliphatic carbocycles. The number of thioether (sulfide) groups is 1. The van der Waals surface area contributed by atoms with Crippen molar-refractivity contribution in [2.45, 2.75) is 19.6 Å². The number of hydrogen-bond donors (Lipinski definition) is 1. The molecule has 0 bridgehead atoms. The van der Waals surface area contributed by atoms with Crippen molar-refractivity contribution in [2.24, 2.45) is 5.92 Å². The molecule has 0 spiro atoms. The molecular formula is C9H13NO2S2. The van der Waals surface area contributed by atoms with Gasteiger partial charge in [0.25, 0.3) is 0 Å². The van der Waals surface area contributed by atoms with Crippen molar-refractivity contribution in [3.63, 3.8) is 0 Å². The largest absolute Gasteiger partial charge is 0.481 e. The Hall–Kier alpha value is -0.550. The lowest BCUT2D eigenvalue weighted by atomic mass is 10.2. The molecule has 1 unspecified atom stereocenters. The second-order valence-corrected chi connectivity index (χ2v) is 5.20. The summed E-state index contributed by atoms with van der Waals surface area (Å²) in [5.74, 6) is 0.445. The van der Waals surface area contributed by atoms with Crippen molar-refractivity contribution in [1.82, 2.24) is 4.98 Å². The highest BCUT2D eigenvalue weighted by atomic mass is 32.2. The Bertz CT molecular complexity index is 312. The lowest BCUT2D eigenvalue weighted by molar-refractivity contribution is -0.140. The van der Waals surface area contributed by atoms with Gasteiger partial charge < -0.3 is 5.11 Å². The van der Waals surface area contributed by atoms with Crippen LogP contribution in [0.5, 0.6) is 0 Å². The lowest BCUT2D eigenvalue weighted by Gasteiger charge is -2.03. The van der Waals surface area contributed by atoms with Crippen molar-refractivity contribution in [2.75, 3.05) is 5.75 Å². The molecular weight excluding hydrogens is 218 g/mol. The van der Waals surface area contributed by atoms with Crippen LogP contribution in [0.15, 0.2) is 5.38 Å². The summed E-state index contributed by atoms with van der Waals surface area (Å²) in [6, 6.07) is 0. The first kappa shape index (κ1) is 11.5. The summed E-state index contributed by atoms with van der Waals surface area (Å²) in [7, 11) is 0. The van der Waals surface area contributed by atoms with Gasteiger partial charge in [0.1, 0.15) is 0 Å². The molecule has 0 saturated carbocycles. The molecule has 0 aliphatic rings. The first-order valence-corrected chi connectivity index (χ1v) is 6.34. The number of carboxylic acids is 1. The Morgan fingerprint density at radius 1 is 1.79 bits per heavy atom. The number of hydrogen-bond acceptors (Lipinski definition) is 4. The van der Waals surface area contributed by atoms with Crippen LogP contribution in [-0.4, -0.2) is 21.8 Å². The van der Waals surface area contributed by atoms with Crippen molar-refractivity contribution in [3.8, 4) is 0 Å². The van der Waals surface area contributed by atoms with Gasteiger partial charge in [0, 0.05) is 16.9 Å². The Morgan fingerprint density at radius 3 is 3.00 bits per heavy atom. The van der Waals surface area contributed by atoms with E-state index in [4.69, 9.17) is 5.11 Å². The molecule has 0 fully saturated rings. The average molecular weight is 231 g/mol. The third-order valence-corrected chi connectivity index (χ3v) is 3.76. The minimum absolute atomic E-state index is 0.278. The van der Waals surface area contributed by atoms with Gasteiger partial charge in [-0.2, -0.15) is 11.8 Å². The van der Waals surface area contributed by atoms with E-state index in [2.05, 4.69) is 4.98 Å². The van der Waals surface area contributed by atoms with Crippen LogP contribution in [0.3, 0.4) is 0 Å². The fourth-order valence-corrected chi connectivity index (χ4v) is 2.58. The molecule has 0 aromatic carbocycles. The Labute approximate surface area is 91.6 Å². The third-order valence-electron chi connectivity index (χ3n) is 1.71. The Balaban J connectivity index is 2.25. The van der Waals surface area contributed by atoms with Gasteiger partial charge in [-0.1, -0.05) is 6.92 Å². The van der Waals surface area contributed by atoms with Crippen LogP contribution in [0, 0.1) is 12.8 Å². The molecule has 1 rings (SSSR count). The monoisotopic (exact) mass is 231 g/mol. The van der Waals surface area contributed by atoms with E-state index in [-0.39, 0.29) is 5.92 Å². The quantitative estimate of drug-likeness (QED) is 0.845. The van der Waals surface area contributed by atoms with Gasteiger partial charge in [-0.05, 0) is 6.92 Å². The highest BCUT2D eigenvalue weighted by Crippen LogP contribution is 2.17. The zero-order chi connectivity index (χ0) is 10.6. The van der Waals surface area contributed by atoms with Gasteiger partial charge in [0.2, 0.25) is 0 Å². The van der Waals surface area contributed by atoms with Gasteiger partial charge in [-0.15, -0.1) is 11.3 Å². The molecule has 78 valence electrons. The van der Waals surface area contributed by atoms with Gasteiger partial charge >= 0.3 is 5.97 Å². The summed E-state index contributed by atoms with van der Waals surface area (Å²) < 4.78 is 0. The highest BCUT2D eigenvalue weighted by Gasteiger charge is 2.10. The second kappa shape index (κ2) is 5.36. The molecule has 3 nitrogen and oxygen atoms in total. The number of carbonyl (C=O) groups is 1. The highest BCUT2D eigenvalue weighted by molar-refractivity contribution is 7.98. The summed E-state index contributed by atoms with van der Waals surface area (Å²) in [6.07, 6.45) is 0. The molecule has 5 heteroatoms. The van der Waals surface area contributed by atoms with E-state index in [1.807, 2.05) is 12.3 Å². The first-order chi connectivity index (χ1) is 6.59. The topological polar surface area (TPSA) is 50.2 Å². The summed E-state index contributed by atoms with van der Waals surface area (Å²) in [5, 5.41) is 11.7. The molecule has 0 saturated heterocycles. The second-order valence-electron chi connectivity index (χ2n) is 3.11. The van der Waals surface area contributed by atoms with Crippen LogP contribution in [0.4, 0.5) is 0 Å². The van der Waals surface area contributed by atoms with Crippen molar-refractivity contribution < 1.29 is 9.90 Å². The maximum atomic E-state index is 10.5. The normalized spacial score (nSPS) is 12.7. The summed E-state index contributed by atoms with van der Waals surface area (Å²) in [6.45, 7) is 3.69. The zero-order valence-electron chi connectivity index (χ0n) is 8.19. The first-order valence-electron chi connectivity index (χ1n) is 4.31. The van der Waals surface area contributed by atoms with Crippen LogP contribution in [0.2, 0.25) is 0 Å². The SMILES string of the molecule is Cc1nc(CSCC(C)C(=O)O)cs1. The standard InChI is InChI=1S/C9H13NO2S2/c1-6(9(11)12)3-13-4-8-5-14-7(2)10-8/h5-6H,3-4H2,1-2H3,(H,11,12). The van der Waals surface area contributed by atoms with Gasteiger partial charge in [0.05, 0.1) is 16.6 Å². The predicted molar refractivity (Wildman–Crippen MR) is 59.8 cm³/mol. The van der Waals surface area contributed by atoms with Crippen molar-refractivity contribution >= 4 is 29.1 Å². The molecule has 0 amide bonds. The molecule has 1 aromatic heterocycles. The molecule has 1 heterocycles. The number of aliphatic carboxylic acids is 1. The van der Waals surface area contributed by atoms with E-state index in [1.165, 1.54) is 0 Å². The third kappa shape index (κ3) is 3.67. The predicted octanol–water partition coefficient (Wildman–Crippen LogP) is 2.41.